The molecule has 1 heterocycles. The molecule has 0 radical (unpaired) electrons. The van der Waals surface area contributed by atoms with Crippen molar-refractivity contribution in [3.63, 3.8) is 0 Å². The molecule has 0 atom stereocenters. The summed E-state index contributed by atoms with van der Waals surface area (Å²) in [5.41, 5.74) is 4.82. The average molecular weight is 377 g/mol. The Bertz CT molecular complexity index is 930. The molecule has 0 aliphatic heterocycles. The Labute approximate surface area is 167 Å². The van der Waals surface area contributed by atoms with Crippen LogP contribution >= 0.6 is 0 Å². The minimum atomic E-state index is -0.0778. The topological polar surface area (TPSA) is 55.1 Å². The van der Waals surface area contributed by atoms with E-state index in [2.05, 4.69) is 56.2 Å². The fraction of sp³-hybridized carbons (Fsp3) is 0.333. The third kappa shape index (κ3) is 4.33. The molecule has 1 N–H and O–H groups in total. The van der Waals surface area contributed by atoms with Crippen molar-refractivity contribution >= 4 is 11.6 Å². The first-order valence-electron chi connectivity index (χ1n) is 9.81. The van der Waals surface area contributed by atoms with Gasteiger partial charge in [0.25, 0.3) is 0 Å². The number of hydrogen-bond acceptors (Lipinski definition) is 3. The standard InChI is InChI=1S/C24H28N2O2/c1-15(2)19-12-9-13-20(16(3)4)23(19)26-22(27)14-21-17(5)28-24(25-21)18-10-7-6-8-11-18/h6-13,15-16H,14H2,1-5H3,(H,26,27). The highest BCUT2D eigenvalue weighted by atomic mass is 16.4. The van der Waals surface area contributed by atoms with Gasteiger partial charge in [-0.1, -0.05) is 64.1 Å². The number of anilines is 1. The number of rotatable bonds is 6. The highest BCUT2D eigenvalue weighted by molar-refractivity contribution is 5.94. The fourth-order valence-corrected chi connectivity index (χ4v) is 3.33. The third-order valence-electron chi connectivity index (χ3n) is 4.88. The molecular weight excluding hydrogens is 348 g/mol. The lowest BCUT2D eigenvalue weighted by molar-refractivity contribution is -0.115. The van der Waals surface area contributed by atoms with Gasteiger partial charge < -0.3 is 9.73 Å². The second-order valence-electron chi connectivity index (χ2n) is 7.73. The van der Waals surface area contributed by atoms with E-state index < -0.39 is 0 Å². The maximum atomic E-state index is 12.8. The van der Waals surface area contributed by atoms with Crippen LogP contribution in [-0.2, 0) is 11.2 Å². The number of amides is 1. The van der Waals surface area contributed by atoms with Gasteiger partial charge in [-0.2, -0.15) is 0 Å². The predicted octanol–water partition coefficient (Wildman–Crippen LogP) is 6.08. The lowest BCUT2D eigenvalue weighted by atomic mass is 9.92. The van der Waals surface area contributed by atoms with Crippen LogP contribution in [0.3, 0.4) is 0 Å². The molecule has 0 aliphatic rings. The van der Waals surface area contributed by atoms with Crippen molar-refractivity contribution in [3.8, 4) is 11.5 Å². The van der Waals surface area contributed by atoms with Crippen LogP contribution in [0, 0.1) is 6.92 Å². The van der Waals surface area contributed by atoms with Crippen LogP contribution in [0.15, 0.2) is 52.9 Å². The van der Waals surface area contributed by atoms with Gasteiger partial charge in [-0.3, -0.25) is 4.79 Å². The van der Waals surface area contributed by atoms with E-state index in [0.717, 1.165) is 22.4 Å². The lowest BCUT2D eigenvalue weighted by Gasteiger charge is -2.20. The van der Waals surface area contributed by atoms with E-state index in [1.54, 1.807) is 0 Å². The molecular formula is C24H28N2O2. The normalized spacial score (nSPS) is 11.2. The van der Waals surface area contributed by atoms with Crippen LogP contribution in [-0.4, -0.2) is 10.9 Å². The van der Waals surface area contributed by atoms with Gasteiger partial charge in [-0.05, 0) is 42.0 Å². The van der Waals surface area contributed by atoms with Crippen LogP contribution in [0.4, 0.5) is 5.69 Å². The second kappa shape index (κ2) is 8.42. The Hall–Kier alpha value is -2.88. The Kier molecular flexibility index (Phi) is 5.98. The van der Waals surface area contributed by atoms with E-state index in [-0.39, 0.29) is 12.3 Å². The zero-order valence-electron chi connectivity index (χ0n) is 17.2. The molecule has 3 aromatic rings. The van der Waals surface area contributed by atoms with Crippen molar-refractivity contribution in [1.82, 2.24) is 4.98 Å². The van der Waals surface area contributed by atoms with E-state index >= 15 is 0 Å². The van der Waals surface area contributed by atoms with Crippen molar-refractivity contribution in [2.45, 2.75) is 52.9 Å². The molecule has 4 nitrogen and oxygen atoms in total. The largest absolute Gasteiger partial charge is 0.441 e. The summed E-state index contributed by atoms with van der Waals surface area (Å²) < 4.78 is 5.78. The molecule has 28 heavy (non-hydrogen) atoms. The van der Waals surface area contributed by atoms with Crippen molar-refractivity contribution in [1.29, 1.82) is 0 Å². The van der Waals surface area contributed by atoms with Crippen molar-refractivity contribution in [2.24, 2.45) is 0 Å². The summed E-state index contributed by atoms with van der Waals surface area (Å²) in [4.78, 5) is 17.4. The Balaban J connectivity index is 1.83. The molecule has 2 aromatic carbocycles. The number of hydrogen-bond donors (Lipinski definition) is 1. The van der Waals surface area contributed by atoms with Gasteiger partial charge in [-0.15, -0.1) is 0 Å². The number of oxazole rings is 1. The maximum Gasteiger partial charge on any atom is 0.230 e. The lowest BCUT2D eigenvalue weighted by Crippen LogP contribution is -2.18. The number of aromatic nitrogens is 1. The number of aryl methyl sites for hydroxylation is 1. The minimum absolute atomic E-state index is 0.0778. The number of nitrogens with zero attached hydrogens (tertiary/aromatic N) is 1. The minimum Gasteiger partial charge on any atom is -0.441 e. The van der Waals surface area contributed by atoms with Crippen LogP contribution in [0.1, 0.15) is 62.1 Å². The summed E-state index contributed by atoms with van der Waals surface area (Å²) in [6.45, 7) is 10.4. The Morgan fingerprint density at radius 1 is 0.964 bits per heavy atom. The van der Waals surface area contributed by atoms with Crippen molar-refractivity contribution in [3.05, 3.63) is 71.1 Å². The van der Waals surface area contributed by atoms with Gasteiger partial charge in [0.15, 0.2) is 0 Å². The van der Waals surface area contributed by atoms with Gasteiger partial charge in [0.2, 0.25) is 11.8 Å². The van der Waals surface area contributed by atoms with E-state index in [9.17, 15) is 4.79 Å². The smallest absolute Gasteiger partial charge is 0.230 e. The van der Waals surface area contributed by atoms with Gasteiger partial charge >= 0.3 is 0 Å². The van der Waals surface area contributed by atoms with Gasteiger partial charge in [0, 0.05) is 11.3 Å². The SMILES string of the molecule is Cc1oc(-c2ccccc2)nc1CC(=O)Nc1c(C(C)C)cccc1C(C)C. The van der Waals surface area contributed by atoms with E-state index in [1.807, 2.05) is 37.3 Å². The van der Waals surface area contributed by atoms with Crippen molar-refractivity contribution < 1.29 is 9.21 Å². The molecule has 0 spiro atoms. The van der Waals surface area contributed by atoms with Gasteiger partial charge in [-0.25, -0.2) is 4.98 Å². The highest BCUT2D eigenvalue weighted by Crippen LogP contribution is 2.32. The Morgan fingerprint density at radius 3 is 2.14 bits per heavy atom. The molecule has 0 saturated heterocycles. The van der Waals surface area contributed by atoms with E-state index in [1.165, 1.54) is 0 Å². The second-order valence-corrected chi connectivity index (χ2v) is 7.73. The zero-order chi connectivity index (χ0) is 20.3. The summed E-state index contributed by atoms with van der Waals surface area (Å²) >= 11 is 0. The summed E-state index contributed by atoms with van der Waals surface area (Å²) in [7, 11) is 0. The molecule has 1 aromatic heterocycles. The van der Waals surface area contributed by atoms with Crippen LogP contribution in [0.25, 0.3) is 11.5 Å². The zero-order valence-corrected chi connectivity index (χ0v) is 17.2. The molecule has 0 unspecified atom stereocenters. The summed E-state index contributed by atoms with van der Waals surface area (Å²) in [5.74, 6) is 1.80. The number of carbonyl (C=O) groups is 1. The first-order chi connectivity index (χ1) is 13.4. The molecule has 0 bridgehead atoms. The number of para-hydroxylation sites is 1. The van der Waals surface area contributed by atoms with E-state index in [4.69, 9.17) is 4.42 Å². The fourth-order valence-electron chi connectivity index (χ4n) is 3.33. The first-order valence-corrected chi connectivity index (χ1v) is 9.81. The van der Waals surface area contributed by atoms with E-state index in [0.29, 0.717) is 29.2 Å². The van der Waals surface area contributed by atoms with Crippen LogP contribution in [0.5, 0.6) is 0 Å². The molecule has 0 fully saturated rings. The predicted molar refractivity (Wildman–Crippen MR) is 114 cm³/mol. The summed E-state index contributed by atoms with van der Waals surface area (Å²) in [5, 5.41) is 3.15. The molecule has 0 aliphatic carbocycles. The van der Waals surface area contributed by atoms with Gasteiger partial charge in [0.1, 0.15) is 5.76 Å². The monoisotopic (exact) mass is 376 g/mol. The quantitative estimate of drug-likeness (QED) is 0.567. The first kappa shape index (κ1) is 19.9. The Morgan fingerprint density at radius 2 is 1.57 bits per heavy atom. The third-order valence-corrected chi connectivity index (χ3v) is 4.88. The van der Waals surface area contributed by atoms with Crippen LogP contribution in [0.2, 0.25) is 0 Å². The maximum absolute atomic E-state index is 12.8. The molecule has 1 amide bonds. The molecule has 3 rings (SSSR count). The summed E-state index contributed by atoms with van der Waals surface area (Å²) in [6.07, 6.45) is 0.187. The molecule has 4 heteroatoms. The van der Waals surface area contributed by atoms with Crippen molar-refractivity contribution in [2.75, 3.05) is 5.32 Å². The molecule has 146 valence electrons. The number of nitrogens with one attached hydrogen (secondary N) is 1. The molecule has 0 saturated carbocycles. The average Bonchev–Trinajstić information content (AvgIpc) is 3.02. The highest BCUT2D eigenvalue weighted by Gasteiger charge is 2.19. The number of benzene rings is 2. The van der Waals surface area contributed by atoms with Crippen LogP contribution < -0.4 is 5.32 Å². The van der Waals surface area contributed by atoms with Gasteiger partial charge in [0.05, 0.1) is 12.1 Å². The number of carbonyl (C=O) groups excluding carboxylic acids is 1. The summed E-state index contributed by atoms with van der Waals surface area (Å²) in [6, 6.07) is 16.0.